The summed E-state index contributed by atoms with van der Waals surface area (Å²) in [4.78, 5) is 4.99. The number of hydrogen-bond acceptors (Lipinski definition) is 3. The van der Waals surface area contributed by atoms with Gasteiger partial charge in [-0.2, -0.15) is 0 Å². The predicted molar refractivity (Wildman–Crippen MR) is 59.3 cm³/mol. The summed E-state index contributed by atoms with van der Waals surface area (Å²) in [6.07, 6.45) is 4.35. The number of hydrogen-bond donors (Lipinski definition) is 1. The molecule has 0 bridgehead atoms. The van der Waals surface area contributed by atoms with Crippen molar-refractivity contribution in [2.24, 2.45) is 11.7 Å². The third-order valence-corrected chi connectivity index (χ3v) is 3.60. The molecule has 1 heterocycles. The molecule has 1 aliphatic carbocycles. The minimum atomic E-state index is 0.604. The highest BCUT2D eigenvalue weighted by atomic mass is 15.3. The first kappa shape index (κ1) is 10.4. The van der Waals surface area contributed by atoms with Crippen molar-refractivity contribution in [1.82, 2.24) is 9.80 Å². The zero-order chi connectivity index (χ0) is 9.97. The van der Waals surface area contributed by atoms with Crippen LogP contribution in [0.3, 0.4) is 0 Å². The summed E-state index contributed by atoms with van der Waals surface area (Å²) >= 11 is 0. The Kier molecular flexibility index (Phi) is 3.42. The van der Waals surface area contributed by atoms with Crippen molar-refractivity contribution in [1.29, 1.82) is 0 Å². The molecule has 2 rings (SSSR count). The molecule has 0 amide bonds. The number of nitrogens with two attached hydrogens (primary N) is 1. The van der Waals surface area contributed by atoms with Gasteiger partial charge in [0.2, 0.25) is 0 Å². The third kappa shape index (κ3) is 2.69. The lowest BCUT2D eigenvalue weighted by Crippen LogP contribution is -2.54. The molecule has 2 aliphatic rings. The van der Waals surface area contributed by atoms with Crippen molar-refractivity contribution in [3.8, 4) is 0 Å². The molecule has 82 valence electrons. The second kappa shape index (κ2) is 4.60. The van der Waals surface area contributed by atoms with Gasteiger partial charge in [-0.3, -0.25) is 4.90 Å². The zero-order valence-electron chi connectivity index (χ0n) is 9.28. The molecule has 3 nitrogen and oxygen atoms in total. The molecule has 1 unspecified atom stereocenters. The fourth-order valence-electron chi connectivity index (χ4n) is 2.32. The normalized spacial score (nSPS) is 30.9. The molecule has 0 aromatic heterocycles. The summed E-state index contributed by atoms with van der Waals surface area (Å²) < 4.78 is 0. The fraction of sp³-hybridized carbons (Fsp3) is 1.00. The summed E-state index contributed by atoms with van der Waals surface area (Å²) in [5.74, 6) is 1.05. The lowest BCUT2D eigenvalue weighted by atomic mass is 10.1. The number of likely N-dealkylation sites (N-methyl/N-ethyl adjacent to an activating group) is 1. The van der Waals surface area contributed by atoms with Crippen LogP contribution in [0.25, 0.3) is 0 Å². The zero-order valence-corrected chi connectivity index (χ0v) is 9.28. The molecule has 0 spiro atoms. The lowest BCUT2D eigenvalue weighted by Gasteiger charge is -2.39. The van der Waals surface area contributed by atoms with Crippen molar-refractivity contribution < 1.29 is 0 Å². The number of nitrogens with zero attached hydrogens (tertiary/aromatic N) is 2. The predicted octanol–water partition coefficient (Wildman–Crippen LogP) is 0.361. The van der Waals surface area contributed by atoms with Gasteiger partial charge < -0.3 is 10.6 Å². The molecular formula is C11H23N3. The third-order valence-electron chi connectivity index (χ3n) is 3.60. The molecular weight excluding hydrogens is 174 g/mol. The Hall–Kier alpha value is -0.120. The van der Waals surface area contributed by atoms with E-state index < -0.39 is 0 Å². The van der Waals surface area contributed by atoms with Crippen molar-refractivity contribution in [3.63, 3.8) is 0 Å². The minimum Gasteiger partial charge on any atom is -0.329 e. The van der Waals surface area contributed by atoms with Gasteiger partial charge in [0.05, 0.1) is 0 Å². The smallest absolute Gasteiger partial charge is 0.0346 e. The molecule has 1 saturated heterocycles. The maximum absolute atomic E-state index is 5.81. The van der Waals surface area contributed by atoms with Crippen molar-refractivity contribution in [2.75, 3.05) is 39.8 Å². The van der Waals surface area contributed by atoms with E-state index in [-0.39, 0.29) is 0 Å². The Morgan fingerprint density at radius 3 is 2.71 bits per heavy atom. The Bertz CT molecular complexity index is 179. The van der Waals surface area contributed by atoms with Gasteiger partial charge in [0, 0.05) is 32.2 Å². The van der Waals surface area contributed by atoms with Crippen molar-refractivity contribution in [2.45, 2.75) is 25.3 Å². The van der Waals surface area contributed by atoms with Crippen LogP contribution in [0.15, 0.2) is 0 Å². The van der Waals surface area contributed by atoms with Gasteiger partial charge in [-0.25, -0.2) is 0 Å². The van der Waals surface area contributed by atoms with Gasteiger partial charge in [0.1, 0.15) is 0 Å². The van der Waals surface area contributed by atoms with Gasteiger partial charge in [0.15, 0.2) is 0 Å². The highest BCUT2D eigenvalue weighted by Crippen LogP contribution is 2.32. The van der Waals surface area contributed by atoms with Gasteiger partial charge in [-0.15, -0.1) is 0 Å². The van der Waals surface area contributed by atoms with Crippen LogP contribution < -0.4 is 5.73 Å². The van der Waals surface area contributed by atoms with Crippen LogP contribution in [0.1, 0.15) is 19.3 Å². The Labute approximate surface area is 87.2 Å². The quantitative estimate of drug-likeness (QED) is 0.706. The van der Waals surface area contributed by atoms with Crippen LogP contribution in [0.5, 0.6) is 0 Å². The molecule has 0 aromatic carbocycles. The van der Waals surface area contributed by atoms with E-state index in [1.807, 2.05) is 0 Å². The molecule has 0 aromatic rings. The Balaban J connectivity index is 1.76. The molecule has 2 fully saturated rings. The van der Waals surface area contributed by atoms with Crippen molar-refractivity contribution >= 4 is 0 Å². The first-order valence-corrected chi connectivity index (χ1v) is 5.92. The second-order valence-electron chi connectivity index (χ2n) is 4.92. The van der Waals surface area contributed by atoms with E-state index in [9.17, 15) is 0 Å². The molecule has 1 aliphatic heterocycles. The second-order valence-corrected chi connectivity index (χ2v) is 4.92. The van der Waals surface area contributed by atoms with E-state index in [4.69, 9.17) is 5.73 Å². The Morgan fingerprint density at radius 1 is 1.29 bits per heavy atom. The minimum absolute atomic E-state index is 0.604. The van der Waals surface area contributed by atoms with E-state index in [0.717, 1.165) is 19.0 Å². The van der Waals surface area contributed by atoms with Gasteiger partial charge in [-0.05, 0) is 25.9 Å². The number of rotatable bonds is 4. The van der Waals surface area contributed by atoms with Crippen LogP contribution in [-0.4, -0.2) is 55.6 Å². The Morgan fingerprint density at radius 2 is 2.07 bits per heavy atom. The maximum Gasteiger partial charge on any atom is 0.0346 e. The van der Waals surface area contributed by atoms with Crippen LogP contribution in [0.4, 0.5) is 0 Å². The van der Waals surface area contributed by atoms with Crippen LogP contribution >= 0.6 is 0 Å². The van der Waals surface area contributed by atoms with Crippen molar-refractivity contribution in [3.05, 3.63) is 0 Å². The monoisotopic (exact) mass is 197 g/mol. The average molecular weight is 197 g/mol. The molecule has 1 atom stereocenters. The van der Waals surface area contributed by atoms with E-state index in [1.54, 1.807) is 0 Å². The highest BCUT2D eigenvalue weighted by molar-refractivity contribution is 4.83. The molecule has 1 saturated carbocycles. The van der Waals surface area contributed by atoms with Crippen LogP contribution in [-0.2, 0) is 0 Å². The number of piperazine rings is 1. The molecule has 14 heavy (non-hydrogen) atoms. The van der Waals surface area contributed by atoms with E-state index >= 15 is 0 Å². The van der Waals surface area contributed by atoms with Crippen LogP contribution in [0, 0.1) is 5.92 Å². The maximum atomic E-state index is 5.81. The van der Waals surface area contributed by atoms with E-state index in [0.29, 0.717) is 6.04 Å². The average Bonchev–Trinajstić information content (AvgIpc) is 2.99. The topological polar surface area (TPSA) is 32.5 Å². The standard InChI is InChI=1S/C11H23N3/c1-13-6-7-14(11(8-12)9-13)5-4-10-2-3-10/h10-11H,2-9,12H2,1H3. The van der Waals surface area contributed by atoms with E-state index in [2.05, 4.69) is 16.8 Å². The van der Waals surface area contributed by atoms with E-state index in [1.165, 1.54) is 38.9 Å². The summed E-state index contributed by atoms with van der Waals surface area (Å²) in [6.45, 7) is 5.67. The summed E-state index contributed by atoms with van der Waals surface area (Å²) in [6, 6.07) is 0.604. The summed E-state index contributed by atoms with van der Waals surface area (Å²) in [7, 11) is 2.20. The summed E-state index contributed by atoms with van der Waals surface area (Å²) in [5, 5.41) is 0. The fourth-order valence-corrected chi connectivity index (χ4v) is 2.32. The van der Waals surface area contributed by atoms with Gasteiger partial charge in [-0.1, -0.05) is 12.8 Å². The molecule has 0 radical (unpaired) electrons. The SMILES string of the molecule is CN1CCN(CCC2CC2)C(CN)C1. The largest absolute Gasteiger partial charge is 0.329 e. The van der Waals surface area contributed by atoms with Gasteiger partial charge in [0.25, 0.3) is 0 Å². The molecule has 2 N–H and O–H groups in total. The molecule has 3 heteroatoms. The summed E-state index contributed by atoms with van der Waals surface area (Å²) in [5.41, 5.74) is 5.81. The van der Waals surface area contributed by atoms with Crippen LogP contribution in [0.2, 0.25) is 0 Å². The highest BCUT2D eigenvalue weighted by Gasteiger charge is 2.27. The first-order chi connectivity index (χ1) is 6.79. The first-order valence-electron chi connectivity index (χ1n) is 5.92. The van der Waals surface area contributed by atoms with Gasteiger partial charge >= 0.3 is 0 Å². The lowest BCUT2D eigenvalue weighted by molar-refractivity contribution is 0.0920.